The van der Waals surface area contributed by atoms with Gasteiger partial charge in [-0.15, -0.1) is 0 Å². The lowest BCUT2D eigenvalue weighted by molar-refractivity contribution is -0.136. The van der Waals surface area contributed by atoms with Gasteiger partial charge in [-0.05, 0) is 12.8 Å². The molecular formula is C16H24F2N4O3. The summed E-state index contributed by atoms with van der Waals surface area (Å²) in [4.78, 5) is 25.5. The number of ether oxygens (including phenoxy) is 1. The molecule has 1 aliphatic heterocycles. The van der Waals surface area contributed by atoms with Crippen molar-refractivity contribution >= 4 is 11.9 Å². The first-order chi connectivity index (χ1) is 11.7. The lowest BCUT2D eigenvalue weighted by Crippen LogP contribution is -2.58. The van der Waals surface area contributed by atoms with E-state index in [0.29, 0.717) is 12.8 Å². The van der Waals surface area contributed by atoms with Crippen molar-refractivity contribution in [2.45, 2.75) is 56.5 Å². The quantitative estimate of drug-likeness (QED) is 0.716. The van der Waals surface area contributed by atoms with E-state index in [-0.39, 0.29) is 32.6 Å². The monoisotopic (exact) mass is 358 g/mol. The number of carbonyl (C=O) groups excluding carboxylic acids is 2. The van der Waals surface area contributed by atoms with E-state index < -0.39 is 41.8 Å². The maximum Gasteiger partial charge on any atom is 0.315 e. The Bertz CT molecular complexity index is 560. The Morgan fingerprint density at radius 2 is 2.20 bits per heavy atom. The fraction of sp³-hybridized carbons (Fsp3) is 0.812. The number of hydrogen-bond acceptors (Lipinski definition) is 4. The summed E-state index contributed by atoms with van der Waals surface area (Å²) < 4.78 is 33.8. The Kier molecular flexibility index (Phi) is 5.83. The molecule has 1 unspecified atom stereocenters. The Morgan fingerprint density at radius 3 is 2.72 bits per heavy atom. The number of morpholine rings is 1. The molecule has 1 saturated carbocycles. The molecule has 1 aliphatic carbocycles. The standard InChI is InChI=1S/C16H24F2N4O3/c1-2-3-16(17,18)8-11(13(23)21-15(10-19)4-5-15)12-9-25-7-6-22(12)14(20)24/h11-12H,2-9H2,1H3,(H2,20,24)(H,21,23)/t11-,12?/m0/s1. The number of nitrogens with two attached hydrogens (primary N) is 1. The second-order valence-electron chi connectivity index (χ2n) is 6.77. The van der Waals surface area contributed by atoms with Crippen molar-refractivity contribution < 1.29 is 23.1 Å². The number of rotatable bonds is 7. The lowest BCUT2D eigenvalue weighted by Gasteiger charge is -2.39. The van der Waals surface area contributed by atoms with Gasteiger partial charge in [0.1, 0.15) is 5.54 Å². The fourth-order valence-electron chi connectivity index (χ4n) is 3.14. The number of amides is 3. The van der Waals surface area contributed by atoms with Crippen molar-refractivity contribution in [2.75, 3.05) is 19.8 Å². The van der Waals surface area contributed by atoms with Gasteiger partial charge < -0.3 is 20.7 Å². The van der Waals surface area contributed by atoms with Crippen LogP contribution < -0.4 is 11.1 Å². The van der Waals surface area contributed by atoms with Crippen LogP contribution >= 0.6 is 0 Å². The highest BCUT2D eigenvalue weighted by atomic mass is 19.3. The Labute approximate surface area is 145 Å². The predicted octanol–water partition coefficient (Wildman–Crippen LogP) is 1.38. The first-order valence-corrected chi connectivity index (χ1v) is 8.48. The van der Waals surface area contributed by atoms with Crippen LogP contribution in [0.1, 0.15) is 39.0 Å². The van der Waals surface area contributed by atoms with Gasteiger partial charge in [-0.25, -0.2) is 13.6 Å². The molecule has 2 atom stereocenters. The minimum absolute atomic E-state index is 0.0389. The van der Waals surface area contributed by atoms with E-state index in [4.69, 9.17) is 15.7 Å². The van der Waals surface area contributed by atoms with Crippen LogP contribution in [-0.2, 0) is 9.53 Å². The number of nitrogens with one attached hydrogen (secondary N) is 1. The van der Waals surface area contributed by atoms with Crippen molar-refractivity contribution in [3.63, 3.8) is 0 Å². The average Bonchev–Trinajstić information content (AvgIpc) is 3.32. The lowest BCUT2D eigenvalue weighted by atomic mass is 9.88. The number of halogens is 2. The van der Waals surface area contributed by atoms with Crippen LogP contribution in [0.5, 0.6) is 0 Å². The highest BCUT2D eigenvalue weighted by molar-refractivity contribution is 5.82. The minimum atomic E-state index is -3.05. The molecule has 1 saturated heterocycles. The summed E-state index contributed by atoms with van der Waals surface area (Å²) in [6.07, 6.45) is 0.183. The average molecular weight is 358 g/mol. The van der Waals surface area contributed by atoms with Gasteiger partial charge in [0, 0.05) is 19.4 Å². The van der Waals surface area contributed by atoms with Crippen molar-refractivity contribution in [3.05, 3.63) is 0 Å². The van der Waals surface area contributed by atoms with E-state index >= 15 is 0 Å². The summed E-state index contributed by atoms with van der Waals surface area (Å²) in [5, 5.41) is 11.7. The highest BCUT2D eigenvalue weighted by Crippen LogP contribution is 2.37. The molecule has 0 spiro atoms. The third-order valence-electron chi connectivity index (χ3n) is 4.71. The van der Waals surface area contributed by atoms with Gasteiger partial charge in [0.05, 0.1) is 31.2 Å². The normalized spacial score (nSPS) is 23.4. The van der Waals surface area contributed by atoms with E-state index in [1.54, 1.807) is 6.92 Å². The van der Waals surface area contributed by atoms with Gasteiger partial charge in [0.25, 0.3) is 0 Å². The predicted molar refractivity (Wildman–Crippen MR) is 84.6 cm³/mol. The van der Waals surface area contributed by atoms with Crippen molar-refractivity contribution in [1.82, 2.24) is 10.2 Å². The fourth-order valence-corrected chi connectivity index (χ4v) is 3.14. The first-order valence-electron chi connectivity index (χ1n) is 8.48. The van der Waals surface area contributed by atoms with Gasteiger partial charge in [-0.1, -0.05) is 13.3 Å². The molecule has 0 aromatic carbocycles. The Balaban J connectivity index is 2.22. The summed E-state index contributed by atoms with van der Waals surface area (Å²) in [5.74, 6) is -4.90. The van der Waals surface area contributed by atoms with Gasteiger partial charge >= 0.3 is 6.03 Å². The summed E-state index contributed by atoms with van der Waals surface area (Å²) >= 11 is 0. The number of hydrogen-bond donors (Lipinski definition) is 2. The number of alkyl halides is 2. The molecule has 7 nitrogen and oxygen atoms in total. The largest absolute Gasteiger partial charge is 0.377 e. The maximum atomic E-state index is 14.2. The van der Waals surface area contributed by atoms with E-state index in [1.807, 2.05) is 6.07 Å². The number of nitriles is 1. The van der Waals surface area contributed by atoms with Gasteiger partial charge in [-0.3, -0.25) is 4.79 Å². The van der Waals surface area contributed by atoms with Crippen molar-refractivity contribution in [1.29, 1.82) is 5.26 Å². The minimum Gasteiger partial charge on any atom is -0.377 e. The van der Waals surface area contributed by atoms with Crippen LogP contribution in [0, 0.1) is 17.2 Å². The summed E-state index contributed by atoms with van der Waals surface area (Å²) in [5.41, 5.74) is 4.37. The van der Waals surface area contributed by atoms with Crippen LogP contribution in [0.2, 0.25) is 0 Å². The number of nitrogens with zero attached hydrogens (tertiary/aromatic N) is 2. The second kappa shape index (κ2) is 7.52. The molecule has 0 bridgehead atoms. The van der Waals surface area contributed by atoms with Crippen molar-refractivity contribution in [3.8, 4) is 6.07 Å². The van der Waals surface area contributed by atoms with Crippen LogP contribution in [-0.4, -0.2) is 54.1 Å². The van der Waals surface area contributed by atoms with Gasteiger partial charge in [0.2, 0.25) is 11.8 Å². The molecule has 140 valence electrons. The van der Waals surface area contributed by atoms with E-state index in [9.17, 15) is 18.4 Å². The smallest absolute Gasteiger partial charge is 0.315 e. The van der Waals surface area contributed by atoms with Crippen LogP contribution in [0.25, 0.3) is 0 Å². The molecule has 3 N–H and O–H groups in total. The van der Waals surface area contributed by atoms with E-state index in [1.165, 1.54) is 4.90 Å². The van der Waals surface area contributed by atoms with Gasteiger partial charge in [0.15, 0.2) is 0 Å². The zero-order valence-electron chi connectivity index (χ0n) is 14.3. The van der Waals surface area contributed by atoms with Crippen LogP contribution in [0.15, 0.2) is 0 Å². The van der Waals surface area contributed by atoms with E-state index in [0.717, 1.165) is 0 Å². The second-order valence-corrected chi connectivity index (χ2v) is 6.77. The molecule has 1 heterocycles. The molecule has 2 fully saturated rings. The Hall–Kier alpha value is -1.95. The summed E-state index contributed by atoms with van der Waals surface area (Å²) in [6.45, 7) is 1.98. The first kappa shape index (κ1) is 19.4. The molecular weight excluding hydrogens is 334 g/mol. The third kappa shape index (κ3) is 4.78. The molecule has 2 aliphatic rings. The molecule has 9 heteroatoms. The molecule has 3 amide bonds. The van der Waals surface area contributed by atoms with Crippen LogP contribution in [0.3, 0.4) is 0 Å². The van der Waals surface area contributed by atoms with Gasteiger partial charge in [-0.2, -0.15) is 5.26 Å². The van der Waals surface area contributed by atoms with E-state index in [2.05, 4.69) is 5.32 Å². The van der Waals surface area contributed by atoms with Crippen LogP contribution in [0.4, 0.5) is 13.6 Å². The molecule has 2 rings (SSSR count). The molecule has 0 aromatic heterocycles. The molecule has 0 aromatic rings. The number of urea groups is 1. The topological polar surface area (TPSA) is 108 Å². The SMILES string of the molecule is CCCC(F)(F)C[C@H](C(=O)NC1(C#N)CC1)C1COCCN1C(N)=O. The highest BCUT2D eigenvalue weighted by Gasteiger charge is 2.49. The summed E-state index contributed by atoms with van der Waals surface area (Å²) in [7, 11) is 0. The maximum absolute atomic E-state index is 14.2. The zero-order valence-corrected chi connectivity index (χ0v) is 14.3. The Morgan fingerprint density at radius 1 is 1.52 bits per heavy atom. The number of carbonyl (C=O) groups is 2. The zero-order chi connectivity index (χ0) is 18.7. The third-order valence-corrected chi connectivity index (χ3v) is 4.71. The summed E-state index contributed by atoms with van der Waals surface area (Å²) in [6, 6.07) is 0.363. The number of primary amides is 1. The molecule has 25 heavy (non-hydrogen) atoms. The molecule has 0 radical (unpaired) electrons. The van der Waals surface area contributed by atoms with Crippen molar-refractivity contribution in [2.24, 2.45) is 11.7 Å².